The molecule has 0 fully saturated rings. The summed E-state index contributed by atoms with van der Waals surface area (Å²) in [5.41, 5.74) is 0. The fourth-order valence-electron chi connectivity index (χ4n) is 1.43. The van der Waals surface area contributed by atoms with Gasteiger partial charge in [0.15, 0.2) is 0 Å². The maximum Gasteiger partial charge on any atom is 0.407 e. The van der Waals surface area contributed by atoms with Crippen LogP contribution in [-0.4, -0.2) is 45.5 Å². The van der Waals surface area contributed by atoms with Crippen LogP contribution in [0.15, 0.2) is 0 Å². The Balaban J connectivity index is 3.27. The summed E-state index contributed by atoms with van der Waals surface area (Å²) < 4.78 is 14.6. The molecule has 0 aliphatic heterocycles. The van der Waals surface area contributed by atoms with E-state index < -0.39 is 6.09 Å². The van der Waals surface area contributed by atoms with Crippen LogP contribution in [0.4, 0.5) is 4.79 Å². The molecular formula is C14H27NO5. The summed E-state index contributed by atoms with van der Waals surface area (Å²) in [5, 5.41) is 2.64. The lowest BCUT2D eigenvalue weighted by atomic mass is 10.2. The number of nitrogens with one attached hydrogen (secondary N) is 1. The Morgan fingerprint density at radius 1 is 0.950 bits per heavy atom. The molecular weight excluding hydrogens is 262 g/mol. The van der Waals surface area contributed by atoms with E-state index in [1.54, 1.807) is 7.11 Å². The van der Waals surface area contributed by atoms with Gasteiger partial charge in [-0.1, -0.05) is 19.8 Å². The molecule has 0 aromatic carbocycles. The zero-order valence-corrected chi connectivity index (χ0v) is 12.6. The van der Waals surface area contributed by atoms with E-state index in [4.69, 9.17) is 14.2 Å². The molecule has 0 saturated carbocycles. The summed E-state index contributed by atoms with van der Waals surface area (Å²) in [5.74, 6) is -0.134. The van der Waals surface area contributed by atoms with Crippen LogP contribution in [0.2, 0.25) is 0 Å². The Morgan fingerprint density at radius 3 is 2.45 bits per heavy atom. The lowest BCUT2D eigenvalue weighted by Gasteiger charge is -2.06. The van der Waals surface area contributed by atoms with Crippen LogP contribution in [0.25, 0.3) is 0 Å². The van der Waals surface area contributed by atoms with Gasteiger partial charge in [-0.2, -0.15) is 0 Å². The number of methoxy groups -OCH3 is 1. The van der Waals surface area contributed by atoms with Crippen molar-refractivity contribution >= 4 is 12.1 Å². The number of rotatable bonds is 12. The van der Waals surface area contributed by atoms with Gasteiger partial charge in [0.2, 0.25) is 0 Å². The van der Waals surface area contributed by atoms with Gasteiger partial charge in [0.25, 0.3) is 0 Å². The van der Waals surface area contributed by atoms with E-state index in [0.717, 1.165) is 32.1 Å². The van der Waals surface area contributed by atoms with Crippen molar-refractivity contribution < 1.29 is 23.8 Å². The molecule has 0 heterocycles. The second kappa shape index (κ2) is 14.1. The summed E-state index contributed by atoms with van der Waals surface area (Å²) in [7, 11) is 1.55. The molecule has 1 amide bonds. The first-order chi connectivity index (χ1) is 9.70. The number of hydrogen-bond donors (Lipinski definition) is 1. The first kappa shape index (κ1) is 18.7. The van der Waals surface area contributed by atoms with E-state index >= 15 is 0 Å². The average molecular weight is 289 g/mol. The zero-order valence-electron chi connectivity index (χ0n) is 12.6. The van der Waals surface area contributed by atoms with Crippen LogP contribution < -0.4 is 5.32 Å². The Morgan fingerprint density at radius 2 is 1.75 bits per heavy atom. The minimum Gasteiger partial charge on any atom is -0.466 e. The highest BCUT2D eigenvalue weighted by Crippen LogP contribution is 2.01. The van der Waals surface area contributed by atoms with Gasteiger partial charge < -0.3 is 19.5 Å². The molecule has 20 heavy (non-hydrogen) atoms. The molecule has 0 radical (unpaired) electrons. The molecule has 0 unspecified atom stereocenters. The van der Waals surface area contributed by atoms with Gasteiger partial charge >= 0.3 is 12.1 Å². The van der Waals surface area contributed by atoms with Crippen molar-refractivity contribution in [3.05, 3.63) is 0 Å². The van der Waals surface area contributed by atoms with E-state index in [1.165, 1.54) is 0 Å². The molecule has 0 atom stereocenters. The number of ether oxygens (including phenoxy) is 3. The van der Waals surface area contributed by atoms with E-state index in [9.17, 15) is 9.59 Å². The van der Waals surface area contributed by atoms with Crippen molar-refractivity contribution in [2.75, 3.05) is 33.5 Å². The fraction of sp³-hybridized carbons (Fsp3) is 0.857. The lowest BCUT2D eigenvalue weighted by Crippen LogP contribution is -2.26. The summed E-state index contributed by atoms with van der Waals surface area (Å²) in [6.07, 6.45) is 4.44. The highest BCUT2D eigenvalue weighted by atomic mass is 16.6. The Bertz CT molecular complexity index is 232. The number of carbonyl (C=O) groups is 2. The lowest BCUT2D eigenvalue weighted by molar-refractivity contribution is -0.143. The van der Waals surface area contributed by atoms with Crippen LogP contribution in [-0.2, 0) is 19.0 Å². The van der Waals surface area contributed by atoms with Crippen molar-refractivity contribution in [3.63, 3.8) is 0 Å². The van der Waals surface area contributed by atoms with Gasteiger partial charge in [0, 0.05) is 20.1 Å². The number of amides is 1. The molecule has 6 heteroatoms. The van der Waals surface area contributed by atoms with Gasteiger partial charge in [-0.05, 0) is 19.3 Å². The summed E-state index contributed by atoms with van der Waals surface area (Å²) in [4.78, 5) is 22.4. The van der Waals surface area contributed by atoms with E-state index in [0.29, 0.717) is 26.2 Å². The Labute approximate surface area is 121 Å². The molecule has 0 bridgehead atoms. The van der Waals surface area contributed by atoms with Crippen molar-refractivity contribution in [1.82, 2.24) is 5.32 Å². The quantitative estimate of drug-likeness (QED) is 0.440. The van der Waals surface area contributed by atoms with Crippen LogP contribution in [0, 0.1) is 0 Å². The van der Waals surface area contributed by atoms with Crippen molar-refractivity contribution in [3.8, 4) is 0 Å². The summed E-state index contributed by atoms with van der Waals surface area (Å²) in [6, 6.07) is 0. The minimum absolute atomic E-state index is 0.134. The fourth-order valence-corrected chi connectivity index (χ4v) is 1.43. The first-order valence-corrected chi connectivity index (χ1v) is 7.25. The van der Waals surface area contributed by atoms with Crippen molar-refractivity contribution in [1.29, 1.82) is 0 Å². The molecule has 118 valence electrons. The number of unbranched alkanes of at least 4 members (excludes halogenated alkanes) is 3. The number of hydrogen-bond acceptors (Lipinski definition) is 5. The third-order valence-corrected chi connectivity index (χ3v) is 2.61. The Kier molecular flexibility index (Phi) is 13.2. The van der Waals surface area contributed by atoms with E-state index in [1.807, 2.05) is 0 Å². The third-order valence-electron chi connectivity index (χ3n) is 2.61. The van der Waals surface area contributed by atoms with Gasteiger partial charge in [-0.25, -0.2) is 4.79 Å². The highest BCUT2D eigenvalue weighted by Gasteiger charge is 2.03. The molecule has 0 aliphatic rings. The monoisotopic (exact) mass is 289 g/mol. The molecule has 0 aliphatic carbocycles. The van der Waals surface area contributed by atoms with Crippen LogP contribution in [0.5, 0.6) is 0 Å². The number of alkyl carbamates (subject to hydrolysis) is 1. The van der Waals surface area contributed by atoms with Gasteiger partial charge in [0.1, 0.15) is 6.61 Å². The highest BCUT2D eigenvalue weighted by molar-refractivity contribution is 5.69. The SMILES string of the molecule is CCCCOC(=O)CCCCCNC(=O)OCCOC. The largest absolute Gasteiger partial charge is 0.466 e. The van der Waals surface area contributed by atoms with Gasteiger partial charge in [0.05, 0.1) is 13.2 Å². The van der Waals surface area contributed by atoms with Crippen LogP contribution in [0.3, 0.4) is 0 Å². The molecule has 0 aromatic heterocycles. The standard InChI is InChI=1S/C14H27NO5/c1-3-4-10-19-13(16)8-6-5-7-9-15-14(17)20-12-11-18-2/h3-12H2,1-2H3,(H,15,17). The molecule has 6 nitrogen and oxygen atoms in total. The Hall–Kier alpha value is -1.30. The first-order valence-electron chi connectivity index (χ1n) is 7.25. The maximum absolute atomic E-state index is 11.3. The molecule has 0 spiro atoms. The zero-order chi connectivity index (χ0) is 15.1. The topological polar surface area (TPSA) is 73.9 Å². The van der Waals surface area contributed by atoms with Crippen molar-refractivity contribution in [2.45, 2.75) is 45.4 Å². The number of carbonyl (C=O) groups excluding carboxylic acids is 2. The summed E-state index contributed by atoms with van der Waals surface area (Å²) in [6.45, 7) is 3.78. The maximum atomic E-state index is 11.3. The predicted molar refractivity (Wildman–Crippen MR) is 75.6 cm³/mol. The second-order valence-electron chi connectivity index (χ2n) is 4.44. The summed E-state index contributed by atoms with van der Waals surface area (Å²) >= 11 is 0. The number of esters is 1. The van der Waals surface area contributed by atoms with Crippen LogP contribution in [0.1, 0.15) is 45.4 Å². The van der Waals surface area contributed by atoms with Crippen molar-refractivity contribution in [2.24, 2.45) is 0 Å². The third kappa shape index (κ3) is 13.1. The second-order valence-corrected chi connectivity index (χ2v) is 4.44. The van der Waals surface area contributed by atoms with Crippen LogP contribution >= 0.6 is 0 Å². The molecule has 0 aromatic rings. The molecule has 0 saturated heterocycles. The van der Waals surface area contributed by atoms with Gasteiger partial charge in [-0.3, -0.25) is 4.79 Å². The smallest absolute Gasteiger partial charge is 0.407 e. The normalized spacial score (nSPS) is 10.1. The molecule has 1 N–H and O–H groups in total. The van der Waals surface area contributed by atoms with E-state index in [-0.39, 0.29) is 12.6 Å². The molecule has 0 rings (SSSR count). The minimum atomic E-state index is -0.430. The van der Waals surface area contributed by atoms with E-state index in [2.05, 4.69) is 12.2 Å². The predicted octanol–water partition coefficient (Wildman–Crippen LogP) is 2.26. The average Bonchev–Trinajstić information content (AvgIpc) is 2.43. The van der Waals surface area contributed by atoms with Gasteiger partial charge in [-0.15, -0.1) is 0 Å².